The van der Waals surface area contributed by atoms with E-state index in [1.165, 1.54) is 0 Å². The van der Waals surface area contributed by atoms with Gasteiger partial charge < -0.3 is 14.2 Å². The Morgan fingerprint density at radius 3 is 3.10 bits per heavy atom. The van der Waals surface area contributed by atoms with Crippen LogP contribution in [0.4, 0.5) is 0 Å². The van der Waals surface area contributed by atoms with Crippen LogP contribution in [-0.2, 0) is 9.47 Å². The highest BCUT2D eigenvalue weighted by atomic mass is 16.5. The summed E-state index contributed by atoms with van der Waals surface area (Å²) in [7, 11) is 0. The summed E-state index contributed by atoms with van der Waals surface area (Å²) >= 11 is 0. The second kappa shape index (κ2) is 7.78. The first-order chi connectivity index (χ1) is 10.3. The maximum atomic E-state index is 12.1. The lowest BCUT2D eigenvalue weighted by Gasteiger charge is -2.22. The molecule has 1 aromatic heterocycles. The van der Waals surface area contributed by atoms with E-state index in [-0.39, 0.29) is 12.0 Å². The van der Waals surface area contributed by atoms with Crippen LogP contribution in [0.15, 0.2) is 18.8 Å². The minimum Gasteiger partial charge on any atom is -0.474 e. The summed E-state index contributed by atoms with van der Waals surface area (Å²) in [6.45, 7) is 6.92. The number of carbonyl (C=O) groups excluding carboxylic acids is 1. The highest BCUT2D eigenvalue weighted by Gasteiger charge is 2.21. The fraction of sp³-hybridized carbons (Fsp3) is 0.500. The van der Waals surface area contributed by atoms with Gasteiger partial charge in [-0.2, -0.15) is 0 Å². The number of ether oxygens (including phenoxy) is 3. The van der Waals surface area contributed by atoms with Crippen LogP contribution in [0, 0.1) is 0 Å². The molecule has 0 spiro atoms. The smallest absolute Gasteiger partial charge is 0.344 e. The van der Waals surface area contributed by atoms with Crippen molar-refractivity contribution in [2.75, 3.05) is 19.8 Å². The molecule has 1 unspecified atom stereocenters. The quantitative estimate of drug-likeness (QED) is 0.754. The van der Waals surface area contributed by atoms with Crippen molar-refractivity contribution in [1.29, 1.82) is 0 Å². The number of aromatic nitrogens is 1. The summed E-state index contributed by atoms with van der Waals surface area (Å²) in [6, 6.07) is 1.71. The van der Waals surface area contributed by atoms with E-state index < -0.39 is 5.97 Å². The molecule has 0 radical (unpaired) electrons. The maximum absolute atomic E-state index is 12.1. The van der Waals surface area contributed by atoms with E-state index in [1.807, 2.05) is 0 Å². The van der Waals surface area contributed by atoms with Crippen LogP contribution in [0.1, 0.15) is 42.1 Å². The van der Waals surface area contributed by atoms with Crippen LogP contribution in [0.5, 0.6) is 5.88 Å². The van der Waals surface area contributed by atoms with Crippen LogP contribution >= 0.6 is 0 Å². The van der Waals surface area contributed by atoms with Gasteiger partial charge in [0.2, 0.25) is 5.88 Å². The molecule has 2 heterocycles. The normalized spacial score (nSPS) is 18.0. The summed E-state index contributed by atoms with van der Waals surface area (Å²) in [5.41, 5.74) is 0.980. The lowest BCUT2D eigenvalue weighted by Crippen LogP contribution is -2.26. The van der Waals surface area contributed by atoms with Crippen LogP contribution in [0.2, 0.25) is 0 Å². The molecule has 5 heteroatoms. The Balaban J connectivity index is 2.13. The van der Waals surface area contributed by atoms with Gasteiger partial charge in [0.05, 0.1) is 12.7 Å². The highest BCUT2D eigenvalue weighted by molar-refractivity contribution is 5.95. The van der Waals surface area contributed by atoms with Crippen molar-refractivity contribution in [1.82, 2.24) is 4.98 Å². The van der Waals surface area contributed by atoms with Crippen molar-refractivity contribution >= 4 is 12.0 Å². The Morgan fingerprint density at radius 2 is 2.43 bits per heavy atom. The summed E-state index contributed by atoms with van der Waals surface area (Å²) in [5, 5.41) is 0. The molecule has 0 saturated carbocycles. The van der Waals surface area contributed by atoms with Gasteiger partial charge in [-0.25, -0.2) is 9.78 Å². The minimum absolute atomic E-state index is 0.0583. The Bertz CT molecular complexity index is 495. The van der Waals surface area contributed by atoms with Gasteiger partial charge in [-0.05, 0) is 37.8 Å². The average molecular weight is 291 g/mol. The molecule has 1 saturated heterocycles. The monoisotopic (exact) mass is 291 g/mol. The SMILES string of the molecule is C=Cc1ccnc(OCC2CCCCO2)c1C(=O)OCC. The van der Waals surface area contributed by atoms with Crippen LogP contribution in [-0.4, -0.2) is 36.9 Å². The van der Waals surface area contributed by atoms with Gasteiger partial charge in [0.25, 0.3) is 0 Å². The van der Waals surface area contributed by atoms with Crippen molar-refractivity contribution in [3.8, 4) is 5.88 Å². The van der Waals surface area contributed by atoms with Gasteiger partial charge in [-0.15, -0.1) is 0 Å². The summed E-state index contributed by atoms with van der Waals surface area (Å²) in [4.78, 5) is 16.2. The van der Waals surface area contributed by atoms with Crippen molar-refractivity contribution in [3.63, 3.8) is 0 Å². The standard InChI is InChI=1S/C16H21NO4/c1-3-12-8-9-17-15(14(12)16(18)19-4-2)21-11-13-7-5-6-10-20-13/h3,8-9,13H,1,4-7,10-11H2,2H3. The first-order valence-corrected chi connectivity index (χ1v) is 7.29. The van der Waals surface area contributed by atoms with E-state index in [4.69, 9.17) is 14.2 Å². The van der Waals surface area contributed by atoms with E-state index >= 15 is 0 Å². The molecule has 5 nitrogen and oxygen atoms in total. The topological polar surface area (TPSA) is 57.7 Å². The van der Waals surface area contributed by atoms with Gasteiger partial charge in [0, 0.05) is 12.8 Å². The minimum atomic E-state index is -0.444. The molecule has 1 atom stereocenters. The molecule has 1 fully saturated rings. The van der Waals surface area contributed by atoms with E-state index in [1.54, 1.807) is 25.3 Å². The van der Waals surface area contributed by atoms with Crippen molar-refractivity contribution in [2.45, 2.75) is 32.3 Å². The number of carbonyl (C=O) groups is 1. The third-order valence-electron chi connectivity index (χ3n) is 3.33. The second-order valence-corrected chi connectivity index (χ2v) is 4.80. The van der Waals surface area contributed by atoms with E-state index in [0.717, 1.165) is 25.9 Å². The molecular weight excluding hydrogens is 270 g/mol. The number of rotatable bonds is 6. The molecule has 0 aliphatic carbocycles. The zero-order chi connectivity index (χ0) is 15.1. The molecule has 1 aromatic rings. The summed E-state index contributed by atoms with van der Waals surface area (Å²) in [6.07, 6.45) is 6.45. The van der Waals surface area contributed by atoms with Crippen molar-refractivity contribution in [3.05, 3.63) is 30.0 Å². The number of nitrogens with zero attached hydrogens (tertiary/aromatic N) is 1. The lowest BCUT2D eigenvalue weighted by atomic mass is 10.1. The molecule has 1 aliphatic rings. The largest absolute Gasteiger partial charge is 0.474 e. The third-order valence-corrected chi connectivity index (χ3v) is 3.33. The molecule has 114 valence electrons. The Morgan fingerprint density at radius 1 is 1.57 bits per heavy atom. The number of hydrogen-bond donors (Lipinski definition) is 0. The van der Waals surface area contributed by atoms with Gasteiger partial charge in [-0.3, -0.25) is 0 Å². The molecule has 0 N–H and O–H groups in total. The average Bonchev–Trinajstić information content (AvgIpc) is 2.53. The third kappa shape index (κ3) is 4.04. The predicted octanol–water partition coefficient (Wildman–Crippen LogP) is 2.85. The van der Waals surface area contributed by atoms with E-state index in [0.29, 0.717) is 24.3 Å². The molecule has 0 bridgehead atoms. The zero-order valence-corrected chi connectivity index (χ0v) is 12.3. The Hall–Kier alpha value is -1.88. The molecular formula is C16H21NO4. The van der Waals surface area contributed by atoms with Crippen LogP contribution in [0.3, 0.4) is 0 Å². The summed E-state index contributed by atoms with van der Waals surface area (Å²) in [5.74, 6) is -0.167. The van der Waals surface area contributed by atoms with Gasteiger partial charge >= 0.3 is 5.97 Å². The van der Waals surface area contributed by atoms with Crippen LogP contribution in [0.25, 0.3) is 6.08 Å². The maximum Gasteiger partial charge on any atom is 0.344 e. The predicted molar refractivity (Wildman–Crippen MR) is 79.4 cm³/mol. The lowest BCUT2D eigenvalue weighted by molar-refractivity contribution is -0.0123. The zero-order valence-electron chi connectivity index (χ0n) is 12.3. The van der Waals surface area contributed by atoms with Crippen molar-refractivity contribution < 1.29 is 19.0 Å². The second-order valence-electron chi connectivity index (χ2n) is 4.80. The van der Waals surface area contributed by atoms with Crippen molar-refractivity contribution in [2.24, 2.45) is 0 Å². The summed E-state index contributed by atoms with van der Waals surface area (Å²) < 4.78 is 16.4. The highest BCUT2D eigenvalue weighted by Crippen LogP contribution is 2.23. The first kappa shape index (κ1) is 15.5. The molecule has 0 amide bonds. The van der Waals surface area contributed by atoms with Crippen LogP contribution < -0.4 is 4.74 Å². The number of pyridine rings is 1. The molecule has 21 heavy (non-hydrogen) atoms. The van der Waals surface area contributed by atoms with Gasteiger partial charge in [0.15, 0.2) is 0 Å². The molecule has 0 aromatic carbocycles. The van der Waals surface area contributed by atoms with E-state index in [2.05, 4.69) is 11.6 Å². The Labute approximate surface area is 124 Å². The van der Waals surface area contributed by atoms with E-state index in [9.17, 15) is 4.79 Å². The first-order valence-electron chi connectivity index (χ1n) is 7.29. The fourth-order valence-electron chi connectivity index (χ4n) is 2.26. The van der Waals surface area contributed by atoms with Gasteiger partial charge in [0.1, 0.15) is 12.2 Å². The molecule has 2 rings (SSSR count). The van der Waals surface area contributed by atoms with Gasteiger partial charge in [-0.1, -0.05) is 12.7 Å². The number of esters is 1. The number of hydrogen-bond acceptors (Lipinski definition) is 5. The molecule has 1 aliphatic heterocycles. The fourth-order valence-corrected chi connectivity index (χ4v) is 2.26. The Kier molecular flexibility index (Phi) is 5.75.